The lowest BCUT2D eigenvalue weighted by Gasteiger charge is -2.28. The Bertz CT molecular complexity index is 728. The number of aromatic nitrogens is 2. The summed E-state index contributed by atoms with van der Waals surface area (Å²) in [5.41, 5.74) is 2.67. The van der Waals surface area contributed by atoms with E-state index < -0.39 is 0 Å². The maximum atomic E-state index is 12.9. The van der Waals surface area contributed by atoms with Crippen LogP contribution in [0.1, 0.15) is 80.5 Å². The second kappa shape index (κ2) is 6.91. The summed E-state index contributed by atoms with van der Waals surface area (Å²) in [6.45, 7) is 8.22. The molecule has 2 aromatic heterocycles. The summed E-state index contributed by atoms with van der Waals surface area (Å²) in [5, 5.41) is 7.94. The third-order valence-electron chi connectivity index (χ3n) is 5.23. The molecule has 0 saturated heterocycles. The number of carbonyl (C=O) groups is 1. The van der Waals surface area contributed by atoms with E-state index in [1.165, 1.54) is 19.3 Å². The first kappa shape index (κ1) is 16.9. The first-order valence-corrected chi connectivity index (χ1v) is 9.07. The fourth-order valence-electron chi connectivity index (χ4n) is 3.57. The molecule has 1 N–H and O–H groups in total. The topological polar surface area (TPSA) is 68.0 Å². The highest BCUT2D eigenvalue weighted by Gasteiger charge is 2.24. The molecule has 0 atom stereocenters. The number of amides is 1. The molecule has 1 saturated carbocycles. The largest absolute Gasteiger partial charge is 0.349 e. The van der Waals surface area contributed by atoms with Crippen molar-refractivity contribution in [3.63, 3.8) is 0 Å². The van der Waals surface area contributed by atoms with Crippen LogP contribution in [0.2, 0.25) is 0 Å². The van der Waals surface area contributed by atoms with Crippen molar-refractivity contribution in [2.75, 3.05) is 0 Å². The number of carbonyl (C=O) groups excluding carboxylic acids is 1. The third-order valence-corrected chi connectivity index (χ3v) is 5.23. The third kappa shape index (κ3) is 3.30. The highest BCUT2D eigenvalue weighted by Crippen LogP contribution is 2.28. The zero-order valence-electron chi connectivity index (χ0n) is 15.1. The second-order valence-corrected chi connectivity index (χ2v) is 7.30. The Morgan fingerprint density at radius 2 is 2.04 bits per heavy atom. The van der Waals surface area contributed by atoms with E-state index in [1.54, 1.807) is 0 Å². The Kier molecular flexibility index (Phi) is 4.88. The van der Waals surface area contributed by atoms with Crippen LogP contribution in [0.4, 0.5) is 0 Å². The van der Waals surface area contributed by atoms with Gasteiger partial charge in [-0.25, -0.2) is 4.98 Å². The van der Waals surface area contributed by atoms with Crippen LogP contribution in [0, 0.1) is 12.8 Å². The van der Waals surface area contributed by atoms with Gasteiger partial charge in [0.25, 0.3) is 11.6 Å². The first-order valence-electron chi connectivity index (χ1n) is 9.07. The van der Waals surface area contributed by atoms with Crippen LogP contribution in [-0.4, -0.2) is 22.1 Å². The number of rotatable bonds is 4. The van der Waals surface area contributed by atoms with Crippen LogP contribution in [0.15, 0.2) is 10.6 Å². The van der Waals surface area contributed by atoms with Crippen molar-refractivity contribution in [3.8, 4) is 0 Å². The van der Waals surface area contributed by atoms with Crippen LogP contribution in [-0.2, 0) is 0 Å². The molecule has 1 amide bonds. The molecule has 24 heavy (non-hydrogen) atoms. The van der Waals surface area contributed by atoms with E-state index in [-0.39, 0.29) is 17.9 Å². The minimum atomic E-state index is -0.0319. The molecule has 0 aromatic carbocycles. The molecule has 2 aromatic rings. The fraction of sp³-hybridized carbons (Fsp3) is 0.632. The predicted molar refractivity (Wildman–Crippen MR) is 94.1 cm³/mol. The van der Waals surface area contributed by atoms with E-state index in [2.05, 4.69) is 36.2 Å². The molecule has 2 heterocycles. The van der Waals surface area contributed by atoms with Crippen molar-refractivity contribution in [2.45, 2.75) is 71.8 Å². The Labute approximate surface area is 143 Å². The standard InChI is InChI=1S/C19H27N3O2/c1-5-13-6-8-14(9-7-13)20-18(23)15-10-16(11(2)3)21-19-17(15)12(4)22-24-19/h10-11,13-14H,5-9H2,1-4H3,(H,20,23). The lowest BCUT2D eigenvalue weighted by molar-refractivity contribution is 0.0923. The van der Waals surface area contributed by atoms with Crippen LogP contribution in [0.5, 0.6) is 0 Å². The SMILES string of the molecule is CCC1CCC(NC(=O)c2cc(C(C)C)nc3onc(C)c23)CC1. The lowest BCUT2D eigenvalue weighted by atomic mass is 9.84. The van der Waals surface area contributed by atoms with Crippen LogP contribution >= 0.6 is 0 Å². The van der Waals surface area contributed by atoms with E-state index in [1.807, 2.05) is 13.0 Å². The van der Waals surface area contributed by atoms with Gasteiger partial charge >= 0.3 is 0 Å². The van der Waals surface area contributed by atoms with Gasteiger partial charge in [0.2, 0.25) is 0 Å². The van der Waals surface area contributed by atoms with Gasteiger partial charge in [-0.1, -0.05) is 32.3 Å². The zero-order valence-corrected chi connectivity index (χ0v) is 15.1. The molecule has 5 heteroatoms. The molecule has 0 radical (unpaired) electrons. The number of fused-ring (bicyclic) bond motifs is 1. The molecule has 0 bridgehead atoms. The van der Waals surface area contributed by atoms with Gasteiger partial charge in [0.15, 0.2) is 0 Å². The molecule has 0 unspecified atom stereocenters. The Hall–Kier alpha value is -1.91. The molecular formula is C19H27N3O2. The average molecular weight is 329 g/mol. The summed E-state index contributed by atoms with van der Waals surface area (Å²) in [5.74, 6) is 1.01. The number of hydrogen-bond acceptors (Lipinski definition) is 4. The van der Waals surface area contributed by atoms with Crippen LogP contribution in [0.3, 0.4) is 0 Å². The molecule has 0 aliphatic heterocycles. The predicted octanol–water partition coefficient (Wildman–Crippen LogP) is 4.35. The molecule has 0 spiro atoms. The van der Waals surface area contributed by atoms with Crippen molar-refractivity contribution in [1.29, 1.82) is 0 Å². The molecular weight excluding hydrogens is 302 g/mol. The van der Waals surface area contributed by atoms with Gasteiger partial charge in [0, 0.05) is 11.7 Å². The maximum absolute atomic E-state index is 12.9. The molecule has 1 aliphatic carbocycles. The monoisotopic (exact) mass is 329 g/mol. The highest BCUT2D eigenvalue weighted by molar-refractivity contribution is 6.06. The normalized spacial score (nSPS) is 21.4. The highest BCUT2D eigenvalue weighted by atomic mass is 16.5. The van der Waals surface area contributed by atoms with Gasteiger partial charge in [-0.15, -0.1) is 0 Å². The summed E-state index contributed by atoms with van der Waals surface area (Å²) in [7, 11) is 0. The number of nitrogens with one attached hydrogen (secondary N) is 1. The lowest BCUT2D eigenvalue weighted by Crippen LogP contribution is -2.37. The summed E-state index contributed by atoms with van der Waals surface area (Å²) in [6, 6.07) is 2.16. The molecule has 130 valence electrons. The number of hydrogen-bond donors (Lipinski definition) is 1. The number of pyridine rings is 1. The summed E-state index contributed by atoms with van der Waals surface area (Å²) < 4.78 is 5.31. The van der Waals surface area contributed by atoms with Crippen LogP contribution < -0.4 is 5.32 Å². The molecule has 5 nitrogen and oxygen atoms in total. The van der Waals surface area contributed by atoms with Gasteiger partial charge < -0.3 is 9.84 Å². The maximum Gasteiger partial charge on any atom is 0.259 e. The van der Waals surface area contributed by atoms with Crippen molar-refractivity contribution >= 4 is 17.0 Å². The quantitative estimate of drug-likeness (QED) is 0.905. The number of aryl methyl sites for hydroxylation is 1. The van der Waals surface area contributed by atoms with E-state index in [9.17, 15) is 4.79 Å². The van der Waals surface area contributed by atoms with Gasteiger partial charge in [-0.05, 0) is 50.5 Å². The smallest absolute Gasteiger partial charge is 0.259 e. The van der Waals surface area contributed by atoms with Crippen molar-refractivity contribution < 1.29 is 9.32 Å². The van der Waals surface area contributed by atoms with E-state index in [0.29, 0.717) is 17.0 Å². The van der Waals surface area contributed by atoms with E-state index in [4.69, 9.17) is 4.52 Å². The summed E-state index contributed by atoms with van der Waals surface area (Å²) >= 11 is 0. The average Bonchev–Trinajstić information content (AvgIpc) is 2.96. The number of nitrogens with zero attached hydrogens (tertiary/aromatic N) is 2. The molecule has 1 fully saturated rings. The van der Waals surface area contributed by atoms with Crippen LogP contribution in [0.25, 0.3) is 11.1 Å². The van der Waals surface area contributed by atoms with Gasteiger partial charge in [-0.3, -0.25) is 4.79 Å². The second-order valence-electron chi connectivity index (χ2n) is 7.30. The molecule has 3 rings (SSSR count). The van der Waals surface area contributed by atoms with Crippen molar-refractivity contribution in [3.05, 3.63) is 23.0 Å². The zero-order chi connectivity index (χ0) is 17.3. The van der Waals surface area contributed by atoms with E-state index in [0.717, 1.165) is 29.8 Å². The van der Waals surface area contributed by atoms with Gasteiger partial charge in [0.1, 0.15) is 0 Å². The van der Waals surface area contributed by atoms with E-state index >= 15 is 0 Å². The minimum absolute atomic E-state index is 0.0319. The Balaban J connectivity index is 1.85. The van der Waals surface area contributed by atoms with Gasteiger partial charge in [0.05, 0.1) is 16.6 Å². The minimum Gasteiger partial charge on any atom is -0.349 e. The first-order chi connectivity index (χ1) is 11.5. The fourth-order valence-corrected chi connectivity index (χ4v) is 3.57. The van der Waals surface area contributed by atoms with Gasteiger partial charge in [-0.2, -0.15) is 0 Å². The summed E-state index contributed by atoms with van der Waals surface area (Å²) in [4.78, 5) is 17.4. The Morgan fingerprint density at radius 1 is 1.33 bits per heavy atom. The van der Waals surface area contributed by atoms with Crippen molar-refractivity contribution in [2.24, 2.45) is 5.92 Å². The molecule has 1 aliphatic rings. The summed E-state index contributed by atoms with van der Waals surface area (Å²) in [6.07, 6.45) is 5.78. The Morgan fingerprint density at radius 3 is 2.67 bits per heavy atom. The van der Waals surface area contributed by atoms with Crippen molar-refractivity contribution in [1.82, 2.24) is 15.5 Å².